The second-order valence-electron chi connectivity index (χ2n) is 12.5. The van der Waals surface area contributed by atoms with Crippen LogP contribution in [0.3, 0.4) is 0 Å². The third-order valence-electron chi connectivity index (χ3n) is 8.86. The van der Waals surface area contributed by atoms with Crippen LogP contribution in [0.2, 0.25) is 0 Å². The number of rotatable bonds is 7. The molecule has 0 unspecified atom stereocenters. The van der Waals surface area contributed by atoms with E-state index in [-0.39, 0.29) is 0 Å². The zero-order valence-electron chi connectivity index (χ0n) is 33.1. The van der Waals surface area contributed by atoms with Gasteiger partial charge in [-0.2, -0.15) is 0 Å². The van der Waals surface area contributed by atoms with Crippen molar-refractivity contribution in [2.24, 2.45) is 0 Å². The quantitative estimate of drug-likeness (QED) is 0.150. The molecule has 9 rings (SSSR count). The van der Waals surface area contributed by atoms with Gasteiger partial charge >= 0.3 is 0 Å². The summed E-state index contributed by atoms with van der Waals surface area (Å²) in [5, 5.41) is 8.99. The number of ether oxygens (including phenoxy) is 1. The normalized spacial score (nSPS) is 11.8. The fraction of sp³-hybridized carbons (Fsp3) is 0.0588. The molecule has 288 valence electrons. The van der Waals surface area contributed by atoms with Gasteiger partial charge in [0.25, 0.3) is 0 Å². The lowest BCUT2D eigenvalue weighted by Crippen LogP contribution is -2.15. The Morgan fingerprint density at radius 3 is 1.43 bits per heavy atom. The number of fused-ring (bicyclic) bond motifs is 4. The number of allylic oxidation sites excluding steroid dienone is 7. The van der Waals surface area contributed by atoms with Gasteiger partial charge in [-0.25, -0.2) is 4.68 Å². The van der Waals surface area contributed by atoms with Crippen molar-refractivity contribution in [3.8, 4) is 28.4 Å². The number of benzene rings is 6. The summed E-state index contributed by atoms with van der Waals surface area (Å²) in [6, 6.07) is 50.2. The number of anilines is 6. The largest absolute Gasteiger partial charge is 0.453 e. The first-order valence-corrected chi connectivity index (χ1v) is 20.0. The lowest BCUT2D eigenvalue weighted by molar-refractivity contribution is 0.477. The first-order chi connectivity index (χ1) is 28.6. The van der Waals surface area contributed by atoms with Gasteiger partial charge in [0.05, 0.1) is 34.6 Å². The molecule has 0 atom stereocenters. The molecule has 0 N–H and O–H groups in total. The van der Waals surface area contributed by atoms with Crippen LogP contribution >= 0.6 is 11.8 Å². The summed E-state index contributed by atoms with van der Waals surface area (Å²) in [6.07, 6.45) is 14.6. The molecule has 0 radical (unpaired) electrons. The van der Waals surface area contributed by atoms with Crippen molar-refractivity contribution < 1.29 is 4.74 Å². The fourth-order valence-electron chi connectivity index (χ4n) is 6.32. The minimum Gasteiger partial charge on any atom is -0.453 e. The van der Waals surface area contributed by atoms with E-state index in [1.807, 2.05) is 104 Å². The molecule has 3 heterocycles. The van der Waals surface area contributed by atoms with E-state index in [2.05, 4.69) is 149 Å². The second kappa shape index (κ2) is 20.2. The minimum absolute atomic E-state index is 0.816. The minimum atomic E-state index is 0.816. The van der Waals surface area contributed by atoms with Crippen LogP contribution < -0.4 is 14.5 Å². The van der Waals surface area contributed by atoms with E-state index in [1.165, 1.54) is 21.2 Å². The van der Waals surface area contributed by atoms with E-state index in [0.717, 1.165) is 51.2 Å². The van der Waals surface area contributed by atoms with E-state index < -0.39 is 0 Å². The zero-order chi connectivity index (χ0) is 40.7. The van der Waals surface area contributed by atoms with Crippen LogP contribution in [0.25, 0.3) is 16.9 Å². The Kier molecular flexibility index (Phi) is 14.1. The van der Waals surface area contributed by atoms with Gasteiger partial charge in [0.1, 0.15) is 5.69 Å². The Morgan fingerprint density at radius 2 is 0.948 bits per heavy atom. The molecule has 58 heavy (non-hydrogen) atoms. The Labute approximate surface area is 347 Å². The summed E-state index contributed by atoms with van der Waals surface area (Å²) < 4.78 is 7.99. The molecule has 0 spiro atoms. The molecule has 0 saturated heterocycles. The first-order valence-electron chi connectivity index (χ1n) is 19.2. The molecule has 6 nitrogen and oxygen atoms in total. The van der Waals surface area contributed by atoms with Crippen LogP contribution in [0.1, 0.15) is 20.8 Å². The third-order valence-corrected chi connectivity index (χ3v) is 9.99. The molecule has 2 aliphatic rings. The van der Waals surface area contributed by atoms with Gasteiger partial charge in [-0.3, -0.25) is 0 Å². The van der Waals surface area contributed by atoms with Crippen LogP contribution in [0.4, 0.5) is 34.1 Å². The standard InChI is InChI=1S/C38H25N5OS.C6H8.C5H8.C2H6/c1-5-13-35-31(9-1)42(32-10-2-6-14-36(32)44-35)29-23-21-27(22-24-29)41-25-30(39-40-41)26-17-19-28(20-18-26)43-33-11-3-7-15-37(33)45-38-16-8-4-12-34(38)43;1-3-5-6-4-2;1-3-5-4-2;1-2/h1-25H;3-6H,1-2H2;3-5H,1H2,2H3;1-2H3/b;6-5-;5-4-;. The lowest BCUT2D eigenvalue weighted by Gasteiger charge is -2.32. The number of hydrogen-bond donors (Lipinski definition) is 0. The lowest BCUT2D eigenvalue weighted by atomic mass is 10.1. The predicted octanol–water partition coefficient (Wildman–Crippen LogP) is 15.1. The van der Waals surface area contributed by atoms with Crippen molar-refractivity contribution in [3.05, 3.63) is 214 Å². The molecule has 7 aromatic rings. The smallest absolute Gasteiger partial charge is 0.151 e. The second-order valence-corrected chi connectivity index (χ2v) is 13.6. The molecule has 0 saturated carbocycles. The first kappa shape index (κ1) is 40.6. The Balaban J connectivity index is 0.000000384. The fourth-order valence-corrected chi connectivity index (χ4v) is 7.37. The van der Waals surface area contributed by atoms with Gasteiger partial charge in [-0.15, -0.1) is 5.10 Å². The Morgan fingerprint density at radius 1 is 0.517 bits per heavy atom. The number of para-hydroxylation sites is 6. The summed E-state index contributed by atoms with van der Waals surface area (Å²) in [5.74, 6) is 1.67. The molecule has 0 fully saturated rings. The number of aromatic nitrogens is 3. The number of hydrogen-bond acceptors (Lipinski definition) is 6. The average molecular weight is 778 g/mol. The maximum Gasteiger partial charge on any atom is 0.151 e. The van der Waals surface area contributed by atoms with Gasteiger partial charge in [-0.05, 0) is 91.9 Å². The van der Waals surface area contributed by atoms with Crippen molar-refractivity contribution in [3.63, 3.8) is 0 Å². The third kappa shape index (κ3) is 9.13. The average Bonchev–Trinajstić information content (AvgIpc) is 3.79. The molecule has 0 bridgehead atoms. The van der Waals surface area contributed by atoms with Gasteiger partial charge < -0.3 is 14.5 Å². The van der Waals surface area contributed by atoms with E-state index >= 15 is 0 Å². The van der Waals surface area contributed by atoms with Crippen LogP contribution in [0.15, 0.2) is 224 Å². The van der Waals surface area contributed by atoms with E-state index in [9.17, 15) is 0 Å². The van der Waals surface area contributed by atoms with Gasteiger partial charge in [0.2, 0.25) is 0 Å². The van der Waals surface area contributed by atoms with Crippen LogP contribution in [-0.4, -0.2) is 15.0 Å². The van der Waals surface area contributed by atoms with Gasteiger partial charge in [0, 0.05) is 26.7 Å². The Hall–Kier alpha value is -7.09. The van der Waals surface area contributed by atoms with Crippen molar-refractivity contribution in [1.29, 1.82) is 0 Å². The predicted molar refractivity (Wildman–Crippen MR) is 246 cm³/mol. The van der Waals surface area contributed by atoms with Gasteiger partial charge in [0.15, 0.2) is 11.5 Å². The molecule has 6 aromatic carbocycles. The van der Waals surface area contributed by atoms with Crippen LogP contribution in [-0.2, 0) is 0 Å². The topological polar surface area (TPSA) is 46.4 Å². The van der Waals surface area contributed by atoms with Crippen LogP contribution in [0.5, 0.6) is 11.5 Å². The summed E-state index contributed by atoms with van der Waals surface area (Å²) in [4.78, 5) is 7.05. The summed E-state index contributed by atoms with van der Waals surface area (Å²) in [6.45, 7) is 16.4. The van der Waals surface area contributed by atoms with E-state index in [0.29, 0.717) is 0 Å². The van der Waals surface area contributed by atoms with Crippen molar-refractivity contribution in [2.45, 2.75) is 30.6 Å². The molecule has 7 heteroatoms. The SMILES string of the molecule is C=C/C=C\C.C=C/C=C\C=C.CC.c1ccc2c(c1)Oc1ccccc1N2c1ccc(-n2cc(-c3ccc(N4c5ccccc5Sc5ccccc54)cc3)nn2)cc1. The van der Waals surface area contributed by atoms with E-state index in [1.54, 1.807) is 18.2 Å². The van der Waals surface area contributed by atoms with Crippen LogP contribution in [0, 0.1) is 0 Å². The molecule has 1 aromatic heterocycles. The number of nitrogens with zero attached hydrogens (tertiary/aromatic N) is 5. The summed E-state index contributed by atoms with van der Waals surface area (Å²) in [5.41, 5.74) is 9.29. The van der Waals surface area contributed by atoms with Crippen molar-refractivity contribution >= 4 is 45.9 Å². The Bertz CT molecular complexity index is 2260. The summed E-state index contributed by atoms with van der Waals surface area (Å²) in [7, 11) is 0. The monoisotopic (exact) mass is 777 g/mol. The van der Waals surface area contributed by atoms with E-state index in [4.69, 9.17) is 4.74 Å². The molecular weight excluding hydrogens is 731 g/mol. The van der Waals surface area contributed by atoms with Gasteiger partial charge in [-0.1, -0.05) is 154 Å². The van der Waals surface area contributed by atoms with Crippen molar-refractivity contribution in [1.82, 2.24) is 15.0 Å². The van der Waals surface area contributed by atoms with Crippen molar-refractivity contribution in [2.75, 3.05) is 9.80 Å². The molecule has 0 aliphatic carbocycles. The molecular formula is C51H47N5OS. The highest BCUT2D eigenvalue weighted by Gasteiger charge is 2.26. The molecule has 0 amide bonds. The highest BCUT2D eigenvalue weighted by atomic mass is 32.2. The summed E-state index contributed by atoms with van der Waals surface area (Å²) >= 11 is 1.81. The highest BCUT2D eigenvalue weighted by molar-refractivity contribution is 7.99. The molecule has 2 aliphatic heterocycles. The zero-order valence-corrected chi connectivity index (χ0v) is 34.0. The maximum absolute atomic E-state index is 6.17. The maximum atomic E-state index is 6.17. The highest BCUT2D eigenvalue weighted by Crippen LogP contribution is 2.52.